The van der Waals surface area contributed by atoms with Crippen molar-refractivity contribution in [1.29, 1.82) is 0 Å². The molecule has 5 nitrogen and oxygen atoms in total. The van der Waals surface area contributed by atoms with E-state index < -0.39 is 0 Å². The van der Waals surface area contributed by atoms with Crippen molar-refractivity contribution >= 4 is 23.1 Å². The monoisotopic (exact) mass is 368 g/mol. The van der Waals surface area contributed by atoms with Crippen molar-refractivity contribution in [2.45, 2.75) is 47.0 Å². The van der Waals surface area contributed by atoms with E-state index in [2.05, 4.69) is 61.3 Å². The molecular weight excluding hydrogens is 344 g/mol. The van der Waals surface area contributed by atoms with Gasteiger partial charge in [0.05, 0.1) is 28.5 Å². The van der Waals surface area contributed by atoms with E-state index in [9.17, 15) is 4.79 Å². The first-order chi connectivity index (χ1) is 12.3. The van der Waals surface area contributed by atoms with Gasteiger partial charge in [-0.2, -0.15) is 5.10 Å². The molecule has 2 heterocycles. The molecule has 0 saturated heterocycles. The van der Waals surface area contributed by atoms with Crippen LogP contribution in [0.5, 0.6) is 0 Å². The number of aryl methyl sites for hydroxylation is 3. The fourth-order valence-corrected chi connectivity index (χ4v) is 3.71. The minimum Gasteiger partial charge on any atom is -0.310 e. The zero-order valence-electron chi connectivity index (χ0n) is 15.8. The van der Waals surface area contributed by atoms with Crippen molar-refractivity contribution in [3.05, 3.63) is 57.2 Å². The number of carbonyl (C=O) groups excluding carboxylic acids is 1. The maximum absolute atomic E-state index is 12.5. The number of carbonyl (C=O) groups is 1. The van der Waals surface area contributed by atoms with E-state index in [-0.39, 0.29) is 12.3 Å². The lowest BCUT2D eigenvalue weighted by Crippen LogP contribution is -2.17. The second-order valence-electron chi connectivity index (χ2n) is 6.99. The van der Waals surface area contributed by atoms with Crippen molar-refractivity contribution in [3.63, 3.8) is 0 Å². The van der Waals surface area contributed by atoms with Crippen molar-refractivity contribution in [3.8, 4) is 5.69 Å². The van der Waals surface area contributed by atoms with Crippen molar-refractivity contribution < 1.29 is 4.79 Å². The predicted octanol–water partition coefficient (Wildman–Crippen LogP) is 4.56. The number of amides is 1. The zero-order valence-corrected chi connectivity index (χ0v) is 16.6. The van der Waals surface area contributed by atoms with E-state index in [1.165, 1.54) is 0 Å². The Hall–Kier alpha value is -2.47. The molecule has 0 unspecified atom stereocenters. The summed E-state index contributed by atoms with van der Waals surface area (Å²) < 4.78 is 1.79. The SMILES string of the molecule is Cc1cc(C)cc(-n2nc(C)cc2NC(=O)Cc2csc(C(C)C)n2)c1. The highest BCUT2D eigenvalue weighted by Crippen LogP contribution is 2.21. The number of thiazole rings is 1. The van der Waals surface area contributed by atoms with Gasteiger partial charge >= 0.3 is 0 Å². The minimum absolute atomic E-state index is 0.0869. The van der Waals surface area contributed by atoms with Crippen LogP contribution in [0.15, 0.2) is 29.6 Å². The Morgan fingerprint density at radius 1 is 1.15 bits per heavy atom. The van der Waals surface area contributed by atoms with Crippen LogP contribution in [0.2, 0.25) is 0 Å². The smallest absolute Gasteiger partial charge is 0.231 e. The molecule has 26 heavy (non-hydrogen) atoms. The molecule has 0 aliphatic carbocycles. The summed E-state index contributed by atoms with van der Waals surface area (Å²) in [5.74, 6) is 0.971. The summed E-state index contributed by atoms with van der Waals surface area (Å²) in [6, 6.07) is 8.12. The highest BCUT2D eigenvalue weighted by molar-refractivity contribution is 7.09. The van der Waals surface area contributed by atoms with E-state index >= 15 is 0 Å². The van der Waals surface area contributed by atoms with E-state index in [0.29, 0.717) is 11.7 Å². The lowest BCUT2D eigenvalue weighted by atomic mass is 10.1. The Balaban J connectivity index is 1.80. The lowest BCUT2D eigenvalue weighted by molar-refractivity contribution is -0.115. The summed E-state index contributed by atoms with van der Waals surface area (Å²) in [6.07, 6.45) is 0.264. The first kappa shape index (κ1) is 18.3. The quantitative estimate of drug-likeness (QED) is 0.718. The summed E-state index contributed by atoms with van der Waals surface area (Å²) in [5.41, 5.74) is 4.94. The van der Waals surface area contributed by atoms with Gasteiger partial charge in [0.1, 0.15) is 5.82 Å². The molecule has 3 aromatic rings. The summed E-state index contributed by atoms with van der Waals surface area (Å²) >= 11 is 1.60. The topological polar surface area (TPSA) is 59.8 Å². The van der Waals surface area contributed by atoms with Crippen LogP contribution in [0.4, 0.5) is 5.82 Å². The van der Waals surface area contributed by atoms with Crippen LogP contribution in [-0.4, -0.2) is 20.7 Å². The summed E-state index contributed by atoms with van der Waals surface area (Å²) in [4.78, 5) is 17.0. The summed E-state index contributed by atoms with van der Waals surface area (Å²) in [5, 5.41) is 10.5. The zero-order chi connectivity index (χ0) is 18.8. The molecule has 0 spiro atoms. The maximum Gasteiger partial charge on any atom is 0.231 e. The van der Waals surface area contributed by atoms with Gasteiger partial charge < -0.3 is 5.32 Å². The van der Waals surface area contributed by atoms with E-state index in [4.69, 9.17) is 0 Å². The van der Waals surface area contributed by atoms with E-state index in [0.717, 1.165) is 33.2 Å². The van der Waals surface area contributed by atoms with Crippen molar-refractivity contribution in [2.24, 2.45) is 0 Å². The van der Waals surface area contributed by atoms with Crippen LogP contribution in [-0.2, 0) is 11.2 Å². The molecule has 0 fully saturated rings. The van der Waals surface area contributed by atoms with Gasteiger partial charge in [-0.05, 0) is 44.0 Å². The van der Waals surface area contributed by atoms with Gasteiger partial charge in [-0.1, -0.05) is 19.9 Å². The normalized spacial score (nSPS) is 11.2. The predicted molar refractivity (Wildman–Crippen MR) is 106 cm³/mol. The molecule has 0 radical (unpaired) electrons. The molecule has 2 aromatic heterocycles. The number of anilines is 1. The third-order valence-corrected chi connectivity index (χ3v) is 5.15. The Kier molecular flexibility index (Phi) is 5.23. The van der Waals surface area contributed by atoms with Crippen molar-refractivity contribution in [2.75, 3.05) is 5.32 Å². The van der Waals surface area contributed by atoms with Crippen LogP contribution in [0.25, 0.3) is 5.69 Å². The Morgan fingerprint density at radius 3 is 2.46 bits per heavy atom. The second-order valence-corrected chi connectivity index (χ2v) is 7.88. The van der Waals surface area contributed by atoms with Crippen LogP contribution >= 0.6 is 11.3 Å². The number of aromatic nitrogens is 3. The molecule has 1 amide bonds. The highest BCUT2D eigenvalue weighted by Gasteiger charge is 2.14. The number of hydrogen-bond acceptors (Lipinski definition) is 4. The van der Waals surface area contributed by atoms with Gasteiger partial charge in [0, 0.05) is 17.4 Å². The van der Waals surface area contributed by atoms with Gasteiger partial charge in [0.2, 0.25) is 5.91 Å². The molecule has 0 atom stereocenters. The van der Waals surface area contributed by atoms with Crippen LogP contribution < -0.4 is 5.32 Å². The average Bonchev–Trinajstić information content (AvgIpc) is 3.13. The van der Waals surface area contributed by atoms with Crippen LogP contribution in [0.1, 0.15) is 47.3 Å². The number of hydrogen-bond donors (Lipinski definition) is 1. The van der Waals surface area contributed by atoms with E-state index in [1.54, 1.807) is 16.0 Å². The third kappa shape index (κ3) is 4.19. The molecule has 136 valence electrons. The van der Waals surface area contributed by atoms with Crippen LogP contribution in [0, 0.1) is 20.8 Å². The lowest BCUT2D eigenvalue weighted by Gasteiger charge is -2.10. The van der Waals surface area contributed by atoms with Gasteiger partial charge in [0.25, 0.3) is 0 Å². The highest BCUT2D eigenvalue weighted by atomic mass is 32.1. The molecule has 3 rings (SSSR count). The first-order valence-corrected chi connectivity index (χ1v) is 9.59. The first-order valence-electron chi connectivity index (χ1n) is 8.71. The molecule has 0 aliphatic rings. The molecule has 0 aliphatic heterocycles. The maximum atomic E-state index is 12.5. The summed E-state index contributed by atoms with van der Waals surface area (Å²) in [7, 11) is 0. The molecule has 6 heteroatoms. The minimum atomic E-state index is -0.0869. The Labute approximate surface area is 158 Å². The molecule has 0 bridgehead atoms. The fraction of sp³-hybridized carbons (Fsp3) is 0.350. The molecule has 1 N–H and O–H groups in total. The average molecular weight is 369 g/mol. The van der Waals surface area contributed by atoms with Gasteiger partial charge in [-0.15, -0.1) is 11.3 Å². The third-order valence-electron chi connectivity index (χ3n) is 3.96. The van der Waals surface area contributed by atoms with Gasteiger partial charge in [-0.3, -0.25) is 4.79 Å². The second kappa shape index (κ2) is 7.41. The van der Waals surface area contributed by atoms with Gasteiger partial charge in [0.15, 0.2) is 0 Å². The largest absolute Gasteiger partial charge is 0.310 e. The van der Waals surface area contributed by atoms with E-state index in [1.807, 2.05) is 18.4 Å². The number of rotatable bonds is 5. The Bertz CT molecular complexity index is 919. The van der Waals surface area contributed by atoms with Gasteiger partial charge in [-0.25, -0.2) is 9.67 Å². The number of nitrogens with zero attached hydrogens (tertiary/aromatic N) is 3. The fourth-order valence-electron chi connectivity index (χ4n) is 2.88. The molecular formula is C20H24N4OS. The number of nitrogens with one attached hydrogen (secondary N) is 1. The number of benzene rings is 1. The molecule has 1 aromatic carbocycles. The molecule has 0 saturated carbocycles. The summed E-state index contributed by atoms with van der Waals surface area (Å²) in [6.45, 7) is 10.2. The van der Waals surface area contributed by atoms with Crippen LogP contribution in [0.3, 0.4) is 0 Å². The Morgan fingerprint density at radius 2 is 1.85 bits per heavy atom. The standard InChI is InChI=1S/C20H24N4OS/c1-12(2)20-21-16(11-26-20)10-19(25)22-18-9-15(5)23-24(18)17-7-13(3)6-14(4)8-17/h6-9,11-12H,10H2,1-5H3,(H,22,25). The van der Waals surface area contributed by atoms with Crippen molar-refractivity contribution in [1.82, 2.24) is 14.8 Å².